The van der Waals surface area contributed by atoms with Gasteiger partial charge in [-0.25, -0.2) is 13.2 Å². The van der Waals surface area contributed by atoms with Gasteiger partial charge < -0.3 is 9.84 Å². The molecule has 0 spiro atoms. The Hall–Kier alpha value is -3.31. The highest BCUT2D eigenvalue weighted by Crippen LogP contribution is 2.33. The first kappa shape index (κ1) is 23.8. The molecule has 0 heterocycles. The summed E-state index contributed by atoms with van der Waals surface area (Å²) in [6.45, 7) is 2.88. The third-order valence-corrected chi connectivity index (χ3v) is 6.14. The maximum Gasteiger partial charge on any atom is 0.167 e. The van der Waals surface area contributed by atoms with E-state index >= 15 is 0 Å². The molecule has 0 amide bonds. The second-order valence-corrected chi connectivity index (χ2v) is 8.45. The van der Waals surface area contributed by atoms with Crippen molar-refractivity contribution in [1.29, 1.82) is 0 Å². The number of aromatic hydroxyl groups is 1. The highest BCUT2D eigenvalue weighted by Gasteiger charge is 2.17. The predicted molar refractivity (Wildman–Crippen MR) is 130 cm³/mol. The van der Waals surface area contributed by atoms with Gasteiger partial charge in [-0.05, 0) is 67.0 Å². The van der Waals surface area contributed by atoms with Crippen LogP contribution in [-0.2, 0) is 11.3 Å². The summed E-state index contributed by atoms with van der Waals surface area (Å²) in [6, 6.07) is 14.3. The van der Waals surface area contributed by atoms with E-state index < -0.39 is 11.6 Å². The molecule has 1 atom stereocenters. The Morgan fingerprint density at radius 3 is 2.41 bits per heavy atom. The van der Waals surface area contributed by atoms with Gasteiger partial charge >= 0.3 is 0 Å². The van der Waals surface area contributed by atoms with E-state index in [1.807, 2.05) is 25.1 Å². The number of rotatable bonds is 7. The summed E-state index contributed by atoms with van der Waals surface area (Å²) in [5.74, 6) is -1.83. The molecule has 3 aromatic rings. The highest BCUT2D eigenvalue weighted by atomic mass is 19.2. The first-order valence-electron chi connectivity index (χ1n) is 11.5. The van der Waals surface area contributed by atoms with E-state index in [1.54, 1.807) is 36.4 Å². The largest absolute Gasteiger partial charge is 0.508 e. The second kappa shape index (κ2) is 10.7. The molecule has 34 heavy (non-hydrogen) atoms. The van der Waals surface area contributed by atoms with Gasteiger partial charge in [0.05, 0.1) is 6.61 Å². The first-order chi connectivity index (χ1) is 16.5. The average molecular weight is 465 g/mol. The quantitative estimate of drug-likeness (QED) is 0.385. The van der Waals surface area contributed by atoms with Crippen molar-refractivity contribution < 1.29 is 23.0 Å². The Morgan fingerprint density at radius 2 is 1.74 bits per heavy atom. The third-order valence-electron chi connectivity index (χ3n) is 6.14. The molecule has 1 unspecified atom stereocenters. The number of phenols is 1. The summed E-state index contributed by atoms with van der Waals surface area (Å²) in [6.07, 6.45) is 7.77. The Balaban J connectivity index is 1.44. The SMILES string of the molecule is CCOCc1ccc(C2=CCC(/C=C/c3ccc(-c4ccc(O)cc4)c(F)c3F)CC2)c(F)c1. The summed E-state index contributed by atoms with van der Waals surface area (Å²) in [7, 11) is 0. The number of allylic oxidation sites excluding steroid dienone is 3. The molecule has 0 saturated carbocycles. The van der Waals surface area contributed by atoms with Crippen LogP contribution in [0.3, 0.4) is 0 Å². The number of benzene rings is 3. The van der Waals surface area contributed by atoms with Crippen molar-refractivity contribution in [2.24, 2.45) is 5.92 Å². The average Bonchev–Trinajstić information content (AvgIpc) is 2.85. The Labute approximate surface area is 198 Å². The zero-order valence-corrected chi connectivity index (χ0v) is 19.0. The van der Waals surface area contributed by atoms with E-state index in [9.17, 15) is 18.3 Å². The number of phenolic OH excluding ortho intramolecular Hbond substituents is 1. The maximum absolute atomic E-state index is 14.7. The van der Waals surface area contributed by atoms with Crippen LogP contribution in [0.4, 0.5) is 13.2 Å². The number of halogens is 3. The molecule has 5 heteroatoms. The number of ether oxygens (including phenoxy) is 1. The van der Waals surface area contributed by atoms with Gasteiger partial charge in [0.15, 0.2) is 11.6 Å². The van der Waals surface area contributed by atoms with Crippen molar-refractivity contribution in [2.45, 2.75) is 32.8 Å². The van der Waals surface area contributed by atoms with Crippen molar-refractivity contribution in [1.82, 2.24) is 0 Å². The predicted octanol–water partition coefficient (Wildman–Crippen LogP) is 7.91. The minimum absolute atomic E-state index is 0.0650. The monoisotopic (exact) mass is 464 g/mol. The molecule has 0 aromatic heterocycles. The van der Waals surface area contributed by atoms with Gasteiger partial charge in [0.2, 0.25) is 0 Å². The van der Waals surface area contributed by atoms with Gasteiger partial charge in [0.1, 0.15) is 11.6 Å². The normalized spacial score (nSPS) is 16.1. The van der Waals surface area contributed by atoms with E-state index in [4.69, 9.17) is 4.74 Å². The fourth-order valence-electron chi connectivity index (χ4n) is 4.20. The van der Waals surface area contributed by atoms with E-state index in [1.165, 1.54) is 18.2 Å². The molecular weight excluding hydrogens is 437 g/mol. The molecular formula is C29H27F3O2. The van der Waals surface area contributed by atoms with Crippen molar-refractivity contribution in [2.75, 3.05) is 6.61 Å². The molecule has 1 aliphatic rings. The molecule has 0 fully saturated rings. The van der Waals surface area contributed by atoms with Crippen LogP contribution >= 0.6 is 0 Å². The number of hydrogen-bond acceptors (Lipinski definition) is 2. The van der Waals surface area contributed by atoms with Crippen molar-refractivity contribution in [3.05, 3.63) is 101 Å². The molecule has 0 aliphatic heterocycles. The molecule has 176 valence electrons. The van der Waals surface area contributed by atoms with Crippen LogP contribution in [0.25, 0.3) is 22.8 Å². The summed E-state index contributed by atoms with van der Waals surface area (Å²) in [4.78, 5) is 0. The lowest BCUT2D eigenvalue weighted by molar-refractivity contribution is 0.134. The molecule has 3 aromatic carbocycles. The zero-order chi connectivity index (χ0) is 24.1. The van der Waals surface area contributed by atoms with Gasteiger partial charge in [-0.2, -0.15) is 0 Å². The van der Waals surface area contributed by atoms with Gasteiger partial charge in [-0.3, -0.25) is 0 Å². The topological polar surface area (TPSA) is 29.5 Å². The smallest absolute Gasteiger partial charge is 0.167 e. The first-order valence-corrected chi connectivity index (χ1v) is 11.5. The van der Waals surface area contributed by atoms with E-state index in [0.717, 1.165) is 17.6 Å². The summed E-state index contributed by atoms with van der Waals surface area (Å²) < 4.78 is 49.3. The molecule has 1 aliphatic carbocycles. The lowest BCUT2D eigenvalue weighted by Gasteiger charge is -2.20. The molecule has 0 bridgehead atoms. The van der Waals surface area contributed by atoms with E-state index in [0.29, 0.717) is 37.2 Å². The van der Waals surface area contributed by atoms with Crippen LogP contribution in [0.15, 0.2) is 66.7 Å². The molecule has 2 nitrogen and oxygen atoms in total. The molecule has 0 saturated heterocycles. The highest BCUT2D eigenvalue weighted by molar-refractivity contribution is 5.69. The Morgan fingerprint density at radius 1 is 0.971 bits per heavy atom. The van der Waals surface area contributed by atoms with E-state index in [-0.39, 0.29) is 28.6 Å². The minimum atomic E-state index is -0.915. The maximum atomic E-state index is 14.7. The van der Waals surface area contributed by atoms with Crippen LogP contribution in [0.2, 0.25) is 0 Å². The summed E-state index contributed by atoms with van der Waals surface area (Å²) in [5.41, 5.74) is 3.22. The van der Waals surface area contributed by atoms with Crippen LogP contribution in [0.1, 0.15) is 42.9 Å². The zero-order valence-electron chi connectivity index (χ0n) is 19.0. The van der Waals surface area contributed by atoms with Crippen molar-refractivity contribution in [3.63, 3.8) is 0 Å². The lowest BCUT2D eigenvalue weighted by atomic mass is 9.85. The van der Waals surface area contributed by atoms with Gasteiger partial charge in [0, 0.05) is 23.3 Å². The molecule has 4 rings (SSSR count). The fourth-order valence-corrected chi connectivity index (χ4v) is 4.20. The summed E-state index contributed by atoms with van der Waals surface area (Å²) in [5, 5.41) is 9.40. The fraction of sp³-hybridized carbons (Fsp3) is 0.241. The van der Waals surface area contributed by atoms with Gasteiger partial charge in [0.25, 0.3) is 0 Å². The molecule has 1 N–H and O–H groups in total. The van der Waals surface area contributed by atoms with Crippen LogP contribution in [0, 0.1) is 23.4 Å². The minimum Gasteiger partial charge on any atom is -0.508 e. The van der Waals surface area contributed by atoms with Crippen molar-refractivity contribution >= 4 is 11.6 Å². The van der Waals surface area contributed by atoms with Crippen LogP contribution in [-0.4, -0.2) is 11.7 Å². The molecule has 0 radical (unpaired) electrons. The van der Waals surface area contributed by atoms with Gasteiger partial charge in [-0.1, -0.05) is 54.6 Å². The Bertz CT molecular complexity index is 1210. The third kappa shape index (κ3) is 5.42. The van der Waals surface area contributed by atoms with Crippen LogP contribution < -0.4 is 0 Å². The lowest BCUT2D eigenvalue weighted by Crippen LogP contribution is -2.04. The summed E-state index contributed by atoms with van der Waals surface area (Å²) >= 11 is 0. The van der Waals surface area contributed by atoms with Gasteiger partial charge in [-0.15, -0.1) is 0 Å². The van der Waals surface area contributed by atoms with Crippen molar-refractivity contribution in [3.8, 4) is 16.9 Å². The van der Waals surface area contributed by atoms with E-state index in [2.05, 4.69) is 0 Å². The second-order valence-electron chi connectivity index (χ2n) is 8.45. The standard InChI is InChI=1S/C29H27F3O2/c1-2-34-18-20-6-15-25(27(30)17-20)21-7-3-19(4-8-21)5-9-23-12-16-26(29(32)28(23)31)22-10-13-24(33)14-11-22/h5-7,9-17,19,33H,2-4,8,18H2,1H3/b9-5+. The Kier molecular flexibility index (Phi) is 7.53. The van der Waals surface area contributed by atoms with Crippen LogP contribution in [0.5, 0.6) is 5.75 Å². The number of hydrogen-bond donors (Lipinski definition) is 1.